The van der Waals surface area contributed by atoms with E-state index in [4.69, 9.17) is 9.47 Å². The van der Waals surface area contributed by atoms with E-state index in [1.807, 2.05) is 170 Å². The smallest absolute Gasteiger partial charge is 0.407 e. The maximum atomic E-state index is 14.7. The predicted molar refractivity (Wildman–Crippen MR) is 237 cm³/mol. The summed E-state index contributed by atoms with van der Waals surface area (Å²) >= 11 is 0. The SMILES string of the molecule is COC(=O)CC(C)C(=O)[C@H](Cc1ccccc1)NC(=O)[C@H](CC(=O)NC(c1ccccc1)(c1ccccc1)c1ccccc1)NC(=O)OCC1c2ccccc2-c2ccccc21. The molecule has 0 aliphatic heterocycles. The van der Waals surface area contributed by atoms with Gasteiger partial charge < -0.3 is 25.4 Å². The minimum absolute atomic E-state index is 0.0281. The minimum atomic E-state index is -1.49. The molecule has 0 heterocycles. The van der Waals surface area contributed by atoms with E-state index >= 15 is 0 Å². The Hall–Kier alpha value is -7.33. The topological polar surface area (TPSA) is 140 Å². The molecule has 314 valence electrons. The molecule has 10 heteroatoms. The van der Waals surface area contributed by atoms with Gasteiger partial charge in [-0.05, 0) is 50.9 Å². The van der Waals surface area contributed by atoms with Crippen molar-refractivity contribution in [3.63, 3.8) is 0 Å². The van der Waals surface area contributed by atoms with Crippen molar-refractivity contribution in [3.05, 3.63) is 203 Å². The number of Topliss-reactive ketones (excluding diaryl/α,β-unsaturated/α-hetero) is 1. The molecule has 0 saturated carbocycles. The number of amides is 3. The zero-order valence-corrected chi connectivity index (χ0v) is 34.7. The van der Waals surface area contributed by atoms with Crippen molar-refractivity contribution >= 4 is 29.7 Å². The fraction of sp³-hybridized carbons (Fsp3) is 0.212. The molecule has 0 spiro atoms. The standard InChI is InChI=1S/C52H49N3O7/c1-35(31-48(57)61-2)49(58)45(32-36-19-7-3-8-20-36)53-50(59)46(54-51(60)62-34-44-42-29-17-15-27-40(42)41-28-16-18-30-43(41)44)33-47(56)55-52(37-21-9-4-10-22-37,38-23-11-5-12-24-38)39-25-13-6-14-26-39/h3-30,35,44-46H,31-34H2,1-2H3,(H,53,59)(H,54,60)(H,55,56)/t35?,45-,46-/m0/s1. The molecule has 3 atom stereocenters. The van der Waals surface area contributed by atoms with Gasteiger partial charge in [0.15, 0.2) is 5.78 Å². The molecule has 0 aromatic heterocycles. The number of hydrogen-bond acceptors (Lipinski definition) is 7. The monoisotopic (exact) mass is 827 g/mol. The van der Waals surface area contributed by atoms with E-state index in [9.17, 15) is 24.0 Å². The van der Waals surface area contributed by atoms with Crippen LogP contribution in [0.25, 0.3) is 11.1 Å². The van der Waals surface area contributed by atoms with Crippen LogP contribution in [0, 0.1) is 5.92 Å². The van der Waals surface area contributed by atoms with E-state index in [1.165, 1.54) is 7.11 Å². The highest BCUT2D eigenvalue weighted by atomic mass is 16.5. The van der Waals surface area contributed by atoms with Crippen molar-refractivity contribution < 1.29 is 33.4 Å². The summed E-state index contributed by atoms with van der Waals surface area (Å²) in [5.74, 6) is -3.38. The number of rotatable bonds is 17. The Morgan fingerprint density at radius 2 is 1.05 bits per heavy atom. The number of benzene rings is 6. The van der Waals surface area contributed by atoms with Gasteiger partial charge in [0.2, 0.25) is 11.8 Å². The van der Waals surface area contributed by atoms with Crippen molar-refractivity contribution in [2.75, 3.05) is 13.7 Å². The highest BCUT2D eigenvalue weighted by Gasteiger charge is 2.40. The molecule has 3 N–H and O–H groups in total. The fourth-order valence-electron chi connectivity index (χ4n) is 8.34. The van der Waals surface area contributed by atoms with E-state index < -0.39 is 59.6 Å². The van der Waals surface area contributed by atoms with Crippen LogP contribution in [0.4, 0.5) is 4.79 Å². The Labute approximate surface area is 361 Å². The molecule has 6 aromatic carbocycles. The number of ether oxygens (including phenoxy) is 2. The molecule has 1 unspecified atom stereocenters. The van der Waals surface area contributed by atoms with Gasteiger partial charge in [0.25, 0.3) is 0 Å². The molecule has 0 radical (unpaired) electrons. The number of methoxy groups -OCH3 is 1. The Balaban J connectivity index is 1.20. The van der Waals surface area contributed by atoms with E-state index in [0.29, 0.717) is 0 Å². The average molecular weight is 828 g/mol. The largest absolute Gasteiger partial charge is 0.469 e. The van der Waals surface area contributed by atoms with Gasteiger partial charge in [-0.1, -0.05) is 177 Å². The van der Waals surface area contributed by atoms with Gasteiger partial charge in [0.05, 0.1) is 26.0 Å². The lowest BCUT2D eigenvalue weighted by Crippen LogP contribution is -2.56. The number of fused-ring (bicyclic) bond motifs is 3. The summed E-state index contributed by atoms with van der Waals surface area (Å²) in [6, 6.07) is 51.0. The maximum absolute atomic E-state index is 14.7. The van der Waals surface area contributed by atoms with E-state index in [1.54, 1.807) is 6.92 Å². The second-order valence-corrected chi connectivity index (χ2v) is 15.5. The van der Waals surface area contributed by atoms with Crippen molar-refractivity contribution in [3.8, 4) is 11.1 Å². The van der Waals surface area contributed by atoms with Crippen LogP contribution in [-0.2, 0) is 40.6 Å². The van der Waals surface area contributed by atoms with Gasteiger partial charge in [0, 0.05) is 11.8 Å². The molecule has 1 aliphatic rings. The van der Waals surface area contributed by atoms with E-state index in [2.05, 4.69) is 16.0 Å². The van der Waals surface area contributed by atoms with Gasteiger partial charge in [-0.15, -0.1) is 0 Å². The zero-order valence-electron chi connectivity index (χ0n) is 34.7. The summed E-state index contributed by atoms with van der Waals surface area (Å²) in [4.78, 5) is 69.4. The minimum Gasteiger partial charge on any atom is -0.469 e. The number of alkyl carbamates (subject to hydrolysis) is 1. The first kappa shape index (κ1) is 42.8. The van der Waals surface area contributed by atoms with Gasteiger partial charge in [-0.25, -0.2) is 4.79 Å². The van der Waals surface area contributed by atoms with Crippen LogP contribution in [0.5, 0.6) is 0 Å². The van der Waals surface area contributed by atoms with Crippen LogP contribution in [0.15, 0.2) is 170 Å². The van der Waals surface area contributed by atoms with Crippen molar-refractivity contribution in [2.24, 2.45) is 5.92 Å². The van der Waals surface area contributed by atoms with Gasteiger partial charge in [0.1, 0.15) is 18.2 Å². The van der Waals surface area contributed by atoms with E-state index in [-0.39, 0.29) is 25.4 Å². The molecule has 0 saturated heterocycles. The average Bonchev–Trinajstić information content (AvgIpc) is 3.63. The molecule has 62 heavy (non-hydrogen) atoms. The number of ketones is 1. The third kappa shape index (κ3) is 9.66. The maximum Gasteiger partial charge on any atom is 0.407 e. The molecule has 1 aliphatic carbocycles. The molecular weight excluding hydrogens is 779 g/mol. The summed E-state index contributed by atoms with van der Waals surface area (Å²) in [7, 11) is 1.25. The van der Waals surface area contributed by atoms with Crippen molar-refractivity contribution in [1.29, 1.82) is 0 Å². The first-order valence-corrected chi connectivity index (χ1v) is 20.7. The molecule has 3 amide bonds. The van der Waals surface area contributed by atoms with Crippen LogP contribution < -0.4 is 16.0 Å². The number of carbonyl (C=O) groups excluding carboxylic acids is 5. The zero-order chi connectivity index (χ0) is 43.5. The molecular formula is C52H49N3O7. The summed E-state index contributed by atoms with van der Waals surface area (Å²) in [6.45, 7) is 1.57. The van der Waals surface area contributed by atoms with E-state index in [0.717, 1.165) is 44.5 Å². The molecule has 0 fully saturated rings. The van der Waals surface area contributed by atoms with Crippen LogP contribution in [0.3, 0.4) is 0 Å². The Morgan fingerprint density at radius 1 is 0.581 bits per heavy atom. The van der Waals surface area contributed by atoms with Crippen LogP contribution in [0.1, 0.15) is 59.1 Å². The number of hydrogen-bond donors (Lipinski definition) is 3. The Morgan fingerprint density at radius 3 is 1.55 bits per heavy atom. The Kier molecular flexibility index (Phi) is 13.7. The highest BCUT2D eigenvalue weighted by molar-refractivity contribution is 5.96. The number of esters is 1. The second kappa shape index (κ2) is 19.8. The quantitative estimate of drug-likeness (QED) is 0.0628. The predicted octanol–water partition coefficient (Wildman–Crippen LogP) is 7.89. The van der Waals surface area contributed by atoms with Crippen LogP contribution in [0.2, 0.25) is 0 Å². The first-order valence-electron chi connectivity index (χ1n) is 20.7. The lowest BCUT2D eigenvalue weighted by Gasteiger charge is -2.37. The molecule has 6 aromatic rings. The van der Waals surface area contributed by atoms with Crippen LogP contribution >= 0.6 is 0 Å². The summed E-state index contributed by atoms with van der Waals surface area (Å²) in [6.07, 6.45) is -1.53. The van der Waals surface area contributed by atoms with Crippen molar-refractivity contribution in [2.45, 2.75) is 49.7 Å². The Bertz CT molecular complexity index is 2350. The van der Waals surface area contributed by atoms with Gasteiger partial charge in [-0.2, -0.15) is 0 Å². The molecule has 10 nitrogen and oxygen atoms in total. The molecule has 7 rings (SSSR count). The molecule has 0 bridgehead atoms. The van der Waals surface area contributed by atoms with Crippen LogP contribution in [-0.4, -0.2) is 55.5 Å². The fourth-order valence-corrected chi connectivity index (χ4v) is 8.34. The third-order valence-corrected chi connectivity index (χ3v) is 11.4. The summed E-state index contributed by atoms with van der Waals surface area (Å²) in [5, 5.41) is 8.79. The normalized spacial score (nSPS) is 13.3. The van der Waals surface area contributed by atoms with Crippen molar-refractivity contribution in [1.82, 2.24) is 16.0 Å². The number of carbonyl (C=O) groups is 5. The summed E-state index contributed by atoms with van der Waals surface area (Å²) < 4.78 is 10.7. The summed E-state index contributed by atoms with van der Waals surface area (Å²) in [5.41, 5.74) is 5.99. The lowest BCUT2D eigenvalue weighted by atomic mass is 9.77. The number of nitrogens with one attached hydrogen (secondary N) is 3. The van der Waals surface area contributed by atoms with Gasteiger partial charge >= 0.3 is 12.1 Å². The second-order valence-electron chi connectivity index (χ2n) is 15.5. The third-order valence-electron chi connectivity index (χ3n) is 11.4. The first-order chi connectivity index (χ1) is 30.2. The highest BCUT2D eigenvalue weighted by Crippen LogP contribution is 2.44. The van der Waals surface area contributed by atoms with Gasteiger partial charge in [-0.3, -0.25) is 19.2 Å². The lowest BCUT2D eigenvalue weighted by molar-refractivity contribution is -0.144.